The molecule has 6 heteroatoms. The third kappa shape index (κ3) is 3.37. The Bertz CT molecular complexity index is 494. The SMILES string of the molecule is Cn1nccc1[C@@H]1OCC[C@H]1CN=C(N)NCC1CCC1. The Morgan fingerprint density at radius 2 is 2.38 bits per heavy atom. The fourth-order valence-electron chi connectivity index (χ4n) is 3.03. The van der Waals surface area contributed by atoms with Gasteiger partial charge in [0.15, 0.2) is 5.96 Å². The molecule has 0 amide bonds. The van der Waals surface area contributed by atoms with Crippen LogP contribution < -0.4 is 11.1 Å². The van der Waals surface area contributed by atoms with Crippen LogP contribution in [-0.2, 0) is 11.8 Å². The van der Waals surface area contributed by atoms with Crippen LogP contribution in [0, 0.1) is 11.8 Å². The number of ether oxygens (including phenoxy) is 1. The Hall–Kier alpha value is -1.56. The van der Waals surface area contributed by atoms with E-state index < -0.39 is 0 Å². The van der Waals surface area contributed by atoms with Crippen molar-refractivity contribution in [1.82, 2.24) is 15.1 Å². The number of aryl methyl sites for hydroxylation is 1. The zero-order valence-corrected chi connectivity index (χ0v) is 12.7. The van der Waals surface area contributed by atoms with Crippen molar-refractivity contribution in [2.45, 2.75) is 31.8 Å². The van der Waals surface area contributed by atoms with Crippen LogP contribution in [0.25, 0.3) is 0 Å². The average molecular weight is 291 g/mol. The quantitative estimate of drug-likeness (QED) is 0.631. The lowest BCUT2D eigenvalue weighted by molar-refractivity contribution is 0.0859. The molecule has 1 aromatic heterocycles. The van der Waals surface area contributed by atoms with E-state index in [4.69, 9.17) is 10.5 Å². The highest BCUT2D eigenvalue weighted by atomic mass is 16.5. The predicted octanol–water partition coefficient (Wildman–Crippen LogP) is 1.20. The molecule has 1 saturated heterocycles. The maximum atomic E-state index is 5.95. The van der Waals surface area contributed by atoms with E-state index in [1.807, 2.05) is 24.0 Å². The van der Waals surface area contributed by atoms with Gasteiger partial charge in [-0.1, -0.05) is 6.42 Å². The van der Waals surface area contributed by atoms with Crippen LogP contribution >= 0.6 is 0 Å². The first-order valence-corrected chi connectivity index (χ1v) is 7.87. The van der Waals surface area contributed by atoms with Crippen molar-refractivity contribution in [2.24, 2.45) is 29.6 Å². The van der Waals surface area contributed by atoms with Gasteiger partial charge in [0.2, 0.25) is 0 Å². The molecule has 1 saturated carbocycles. The standard InChI is InChI=1S/C15H25N5O/c1-20-13(5-7-19-20)14-12(6-8-21-14)10-18-15(16)17-9-11-3-2-4-11/h5,7,11-12,14H,2-4,6,8-10H2,1H3,(H3,16,17,18)/t12-,14+/m0/s1. The van der Waals surface area contributed by atoms with Crippen LogP contribution in [0.3, 0.4) is 0 Å². The van der Waals surface area contributed by atoms with E-state index in [0.717, 1.165) is 31.2 Å². The van der Waals surface area contributed by atoms with Gasteiger partial charge < -0.3 is 15.8 Å². The molecule has 2 fully saturated rings. The maximum absolute atomic E-state index is 5.95. The number of nitrogens with one attached hydrogen (secondary N) is 1. The highest BCUT2D eigenvalue weighted by molar-refractivity contribution is 5.77. The smallest absolute Gasteiger partial charge is 0.188 e. The number of aliphatic imine (C=N–C) groups is 1. The van der Waals surface area contributed by atoms with Gasteiger partial charge in [-0.2, -0.15) is 5.10 Å². The molecule has 1 aliphatic heterocycles. The van der Waals surface area contributed by atoms with E-state index in [0.29, 0.717) is 18.4 Å². The third-order valence-corrected chi connectivity index (χ3v) is 4.66. The minimum Gasteiger partial charge on any atom is -0.372 e. The zero-order valence-electron chi connectivity index (χ0n) is 12.7. The molecule has 0 bridgehead atoms. The molecule has 1 aromatic rings. The fraction of sp³-hybridized carbons (Fsp3) is 0.733. The minimum atomic E-state index is 0.0840. The van der Waals surface area contributed by atoms with Gasteiger partial charge in [-0.05, 0) is 31.2 Å². The zero-order chi connectivity index (χ0) is 14.7. The summed E-state index contributed by atoms with van der Waals surface area (Å²) in [7, 11) is 1.95. The van der Waals surface area contributed by atoms with Crippen molar-refractivity contribution in [1.29, 1.82) is 0 Å². The highest BCUT2D eigenvalue weighted by Crippen LogP contribution is 2.34. The van der Waals surface area contributed by atoms with Crippen molar-refractivity contribution < 1.29 is 4.74 Å². The van der Waals surface area contributed by atoms with Crippen LogP contribution in [0.4, 0.5) is 0 Å². The highest BCUT2D eigenvalue weighted by Gasteiger charge is 2.31. The lowest BCUT2D eigenvalue weighted by Gasteiger charge is -2.25. The van der Waals surface area contributed by atoms with Crippen molar-refractivity contribution in [3.63, 3.8) is 0 Å². The number of guanidine groups is 1. The maximum Gasteiger partial charge on any atom is 0.188 e. The molecule has 3 rings (SSSR count). The predicted molar refractivity (Wildman–Crippen MR) is 81.8 cm³/mol. The Kier molecular flexibility index (Phi) is 4.43. The first-order chi connectivity index (χ1) is 10.2. The van der Waals surface area contributed by atoms with E-state index in [1.54, 1.807) is 0 Å². The Labute approximate surface area is 125 Å². The summed E-state index contributed by atoms with van der Waals surface area (Å²) in [6.07, 6.45) is 6.91. The van der Waals surface area contributed by atoms with Crippen molar-refractivity contribution in [3.8, 4) is 0 Å². The van der Waals surface area contributed by atoms with E-state index in [-0.39, 0.29) is 6.10 Å². The lowest BCUT2D eigenvalue weighted by Crippen LogP contribution is -2.37. The van der Waals surface area contributed by atoms with Gasteiger partial charge in [-0.25, -0.2) is 0 Å². The molecule has 3 N–H and O–H groups in total. The summed E-state index contributed by atoms with van der Waals surface area (Å²) in [6.45, 7) is 2.45. The Morgan fingerprint density at radius 1 is 1.52 bits per heavy atom. The molecule has 2 heterocycles. The summed E-state index contributed by atoms with van der Waals surface area (Å²) in [5.74, 6) is 1.73. The lowest BCUT2D eigenvalue weighted by atomic mass is 9.85. The van der Waals surface area contributed by atoms with E-state index >= 15 is 0 Å². The molecule has 21 heavy (non-hydrogen) atoms. The van der Waals surface area contributed by atoms with Crippen LogP contribution in [0.2, 0.25) is 0 Å². The number of nitrogens with zero attached hydrogens (tertiary/aromatic N) is 3. The summed E-state index contributed by atoms with van der Waals surface area (Å²) >= 11 is 0. The Morgan fingerprint density at radius 3 is 3.05 bits per heavy atom. The number of nitrogens with two attached hydrogens (primary N) is 1. The number of hydrogen-bond donors (Lipinski definition) is 2. The second kappa shape index (κ2) is 6.47. The van der Waals surface area contributed by atoms with Gasteiger partial charge >= 0.3 is 0 Å². The first-order valence-electron chi connectivity index (χ1n) is 7.87. The van der Waals surface area contributed by atoms with E-state index in [1.165, 1.54) is 19.3 Å². The van der Waals surface area contributed by atoms with Crippen LogP contribution in [0.1, 0.15) is 37.5 Å². The molecule has 0 spiro atoms. The van der Waals surface area contributed by atoms with Crippen LogP contribution in [0.5, 0.6) is 0 Å². The largest absolute Gasteiger partial charge is 0.372 e. The van der Waals surface area contributed by atoms with Gasteiger partial charge in [0, 0.05) is 38.9 Å². The van der Waals surface area contributed by atoms with Gasteiger partial charge in [0.05, 0.1) is 5.69 Å². The molecule has 0 unspecified atom stereocenters. The molecule has 1 aliphatic carbocycles. The summed E-state index contributed by atoms with van der Waals surface area (Å²) in [6, 6.07) is 2.02. The van der Waals surface area contributed by atoms with Crippen molar-refractivity contribution in [3.05, 3.63) is 18.0 Å². The molecular weight excluding hydrogens is 266 g/mol. The molecule has 0 aromatic carbocycles. The fourth-order valence-corrected chi connectivity index (χ4v) is 3.03. The van der Waals surface area contributed by atoms with Gasteiger partial charge in [-0.15, -0.1) is 0 Å². The number of aromatic nitrogens is 2. The topological polar surface area (TPSA) is 77.5 Å². The monoisotopic (exact) mass is 291 g/mol. The van der Waals surface area contributed by atoms with E-state index in [2.05, 4.69) is 15.4 Å². The second-order valence-electron chi connectivity index (χ2n) is 6.12. The average Bonchev–Trinajstić information content (AvgIpc) is 3.02. The van der Waals surface area contributed by atoms with E-state index in [9.17, 15) is 0 Å². The van der Waals surface area contributed by atoms with Gasteiger partial charge in [-0.3, -0.25) is 9.67 Å². The molecule has 116 valence electrons. The molecular formula is C15H25N5O. The normalized spacial score (nSPS) is 26.8. The molecule has 2 atom stereocenters. The summed E-state index contributed by atoms with van der Waals surface area (Å²) in [5.41, 5.74) is 7.07. The van der Waals surface area contributed by atoms with Crippen molar-refractivity contribution >= 4 is 5.96 Å². The van der Waals surface area contributed by atoms with Gasteiger partial charge in [0.25, 0.3) is 0 Å². The molecule has 0 radical (unpaired) electrons. The van der Waals surface area contributed by atoms with Gasteiger partial charge in [0.1, 0.15) is 6.10 Å². The molecule has 6 nitrogen and oxygen atoms in total. The number of hydrogen-bond acceptors (Lipinski definition) is 3. The first kappa shape index (κ1) is 14.4. The summed E-state index contributed by atoms with van der Waals surface area (Å²) in [5, 5.41) is 7.46. The summed E-state index contributed by atoms with van der Waals surface area (Å²) in [4.78, 5) is 4.50. The number of rotatable bonds is 5. The van der Waals surface area contributed by atoms with Crippen LogP contribution in [0.15, 0.2) is 17.3 Å². The third-order valence-electron chi connectivity index (χ3n) is 4.66. The molecule has 2 aliphatic rings. The van der Waals surface area contributed by atoms with Crippen LogP contribution in [-0.4, -0.2) is 35.4 Å². The minimum absolute atomic E-state index is 0.0840. The second-order valence-corrected chi connectivity index (χ2v) is 6.12. The summed E-state index contributed by atoms with van der Waals surface area (Å²) < 4.78 is 7.74. The van der Waals surface area contributed by atoms with Crippen molar-refractivity contribution in [2.75, 3.05) is 19.7 Å². The Balaban J connectivity index is 1.52.